The first-order valence-electron chi connectivity index (χ1n) is 13.9. The SMILES string of the molecule is Cn1cccc1C(=O)[N+]1(C)c2c(S(=O)(=O)O)c(S(=O)(=O)O)cc3cc(ccc23)NC(=O)Nc2ccc3c(c2)CC1(S(=O)(=O)O)C(S(=O)(=O)O)=C3. The molecule has 2 atom stereocenters. The van der Waals surface area contributed by atoms with E-state index in [1.165, 1.54) is 31.4 Å². The maximum Gasteiger partial charge on any atom is 0.368 e. The molecule has 0 saturated heterocycles. The number of benzene rings is 3. The van der Waals surface area contributed by atoms with E-state index in [0.29, 0.717) is 19.2 Å². The first kappa shape index (κ1) is 35.3. The first-order valence-corrected chi connectivity index (χ1v) is 19.6. The molecule has 4 aromatic rings. The molecular formula is C28H25N4O14S4+. The number of amides is 3. The number of aromatic nitrogens is 1. The number of hydrogen-bond acceptors (Lipinski definition) is 10. The molecule has 0 saturated carbocycles. The molecule has 3 amide bonds. The van der Waals surface area contributed by atoms with Crippen LogP contribution in [0.15, 0.2) is 75.5 Å². The third-order valence-electron chi connectivity index (χ3n) is 8.77. The van der Waals surface area contributed by atoms with Crippen molar-refractivity contribution < 1.29 is 61.5 Å². The van der Waals surface area contributed by atoms with Crippen molar-refractivity contribution in [2.45, 2.75) is 21.1 Å². The van der Waals surface area contributed by atoms with Crippen LogP contribution >= 0.6 is 0 Å². The smallest absolute Gasteiger partial charge is 0.343 e. The highest BCUT2D eigenvalue weighted by molar-refractivity contribution is 7.94. The fourth-order valence-electron chi connectivity index (χ4n) is 6.64. The van der Waals surface area contributed by atoms with Crippen LogP contribution in [0.5, 0.6) is 0 Å². The molecule has 18 nitrogen and oxygen atoms in total. The number of likely N-dealkylation sites (N-methyl/N-ethyl adjacent to an activating group) is 1. The summed E-state index contributed by atoms with van der Waals surface area (Å²) in [5, 5.41) is 3.99. The van der Waals surface area contributed by atoms with Crippen LogP contribution in [0.2, 0.25) is 0 Å². The van der Waals surface area contributed by atoms with Crippen molar-refractivity contribution >= 4 is 86.3 Å². The van der Waals surface area contributed by atoms with Gasteiger partial charge in [-0.25, -0.2) is 9.59 Å². The van der Waals surface area contributed by atoms with E-state index in [-0.39, 0.29) is 22.5 Å². The van der Waals surface area contributed by atoms with E-state index in [0.717, 1.165) is 34.9 Å². The van der Waals surface area contributed by atoms with E-state index in [9.17, 15) is 56.7 Å². The van der Waals surface area contributed by atoms with Crippen LogP contribution in [0.25, 0.3) is 16.8 Å². The van der Waals surface area contributed by atoms with Gasteiger partial charge in [-0.1, -0.05) is 6.07 Å². The maximum absolute atomic E-state index is 15.1. The molecule has 3 aromatic carbocycles. The molecular weight excluding hydrogens is 745 g/mol. The van der Waals surface area contributed by atoms with E-state index in [1.807, 2.05) is 0 Å². The number of anilines is 2. The zero-order valence-electron chi connectivity index (χ0n) is 25.5. The monoisotopic (exact) mass is 769 g/mol. The quantitative estimate of drug-likeness (QED) is 0.126. The fourth-order valence-corrected chi connectivity index (χ4v) is 11.6. The average Bonchev–Trinajstić information content (AvgIpc) is 3.41. The van der Waals surface area contributed by atoms with Crippen molar-refractivity contribution in [3.63, 3.8) is 0 Å². The second kappa shape index (κ2) is 11.0. The van der Waals surface area contributed by atoms with Crippen molar-refractivity contribution in [2.75, 3.05) is 17.7 Å². The summed E-state index contributed by atoms with van der Waals surface area (Å²) in [6.07, 6.45) is 0.631. The number of rotatable bonds is 5. The normalized spacial score (nSPS) is 21.1. The Labute approximate surface area is 284 Å². The van der Waals surface area contributed by atoms with Crippen molar-refractivity contribution in [2.24, 2.45) is 7.05 Å². The Morgan fingerprint density at radius 1 is 0.840 bits per heavy atom. The minimum atomic E-state index is -6.17. The lowest BCUT2D eigenvalue weighted by Gasteiger charge is -2.48. The Kier molecular flexibility index (Phi) is 7.76. The van der Waals surface area contributed by atoms with Gasteiger partial charge in [0.05, 0.1) is 13.5 Å². The highest BCUT2D eigenvalue weighted by atomic mass is 32.2. The molecule has 264 valence electrons. The average molecular weight is 770 g/mol. The second-order valence-electron chi connectivity index (χ2n) is 11.7. The third-order valence-corrected chi connectivity index (χ3v) is 13.4. The van der Waals surface area contributed by atoms with Crippen molar-refractivity contribution in [1.29, 1.82) is 0 Å². The van der Waals surface area contributed by atoms with Gasteiger partial charge in [0.2, 0.25) is 0 Å². The van der Waals surface area contributed by atoms with Crippen LogP contribution in [0.4, 0.5) is 21.9 Å². The standard InChI is InChI=1S/C28H24N4O14S4/c1-31-9-3-4-21(31)26(33)32(2)24-20-8-7-19(10-16(20)12-22(47(35,36)37)25(24)49(41,42)43)30-27(34)29-18-6-5-15-13-23(48(38,39)40)28(32,50(44,45)46)14-17(15)11-18/h3-13H,14H2,1-2H3,(H5-,29,30,34,35,36,37,38,39,40,41,42,43,44,45,46)/p+1. The lowest BCUT2D eigenvalue weighted by atomic mass is 9.89. The molecule has 0 spiro atoms. The molecule has 2 unspecified atom stereocenters. The van der Waals surface area contributed by atoms with Gasteiger partial charge in [-0.3, -0.25) is 18.2 Å². The summed E-state index contributed by atoms with van der Waals surface area (Å²) in [6, 6.07) is 8.87. The summed E-state index contributed by atoms with van der Waals surface area (Å²) in [5.74, 6) is -1.51. The van der Waals surface area contributed by atoms with Crippen molar-refractivity contribution in [3.05, 3.63) is 82.5 Å². The summed E-state index contributed by atoms with van der Waals surface area (Å²) in [5.41, 5.74) is -2.11. The minimum Gasteiger partial charge on any atom is -0.343 e. The van der Waals surface area contributed by atoms with Gasteiger partial charge in [0.1, 0.15) is 10.6 Å². The van der Waals surface area contributed by atoms with Crippen LogP contribution in [0, 0.1) is 0 Å². The number of nitrogens with zero attached hydrogens (tertiary/aromatic N) is 2. The maximum atomic E-state index is 15.1. The number of carbonyl (C=O) groups excluding carboxylic acids is 2. The largest absolute Gasteiger partial charge is 0.368 e. The number of fused-ring (bicyclic) bond motifs is 3. The van der Waals surface area contributed by atoms with E-state index >= 15 is 4.79 Å². The Hall–Kier alpha value is -4.52. The molecule has 1 aliphatic carbocycles. The Balaban J connectivity index is 2.03. The number of quaternary nitrogens is 1. The lowest BCUT2D eigenvalue weighted by Crippen LogP contribution is -2.73. The first-order chi connectivity index (χ1) is 22.9. The van der Waals surface area contributed by atoms with Gasteiger partial charge in [-0.2, -0.15) is 38.2 Å². The van der Waals surface area contributed by atoms with Gasteiger partial charge in [-0.15, -0.1) is 0 Å². The molecule has 3 aliphatic rings. The van der Waals surface area contributed by atoms with Gasteiger partial charge in [-0.05, 0) is 71.1 Å². The highest BCUT2D eigenvalue weighted by Gasteiger charge is 2.71. The third kappa shape index (κ3) is 5.23. The zero-order valence-corrected chi connectivity index (χ0v) is 28.7. The van der Waals surface area contributed by atoms with Crippen molar-refractivity contribution in [3.8, 4) is 0 Å². The van der Waals surface area contributed by atoms with Gasteiger partial charge < -0.3 is 15.2 Å². The molecule has 7 bridgehead atoms. The Morgan fingerprint density at radius 2 is 1.46 bits per heavy atom. The summed E-state index contributed by atoms with van der Waals surface area (Å²) in [4.78, 5) is 19.4. The predicted molar refractivity (Wildman–Crippen MR) is 178 cm³/mol. The molecule has 7 rings (SSSR count). The van der Waals surface area contributed by atoms with E-state index in [2.05, 4.69) is 10.6 Å². The highest BCUT2D eigenvalue weighted by Crippen LogP contribution is 2.54. The number of hydrogen-bond donors (Lipinski definition) is 6. The van der Waals surface area contributed by atoms with Gasteiger partial charge >= 0.3 is 32.2 Å². The van der Waals surface area contributed by atoms with Crippen LogP contribution in [-0.2, 0) is 53.9 Å². The van der Waals surface area contributed by atoms with E-state index in [4.69, 9.17) is 0 Å². The van der Waals surface area contributed by atoms with Crippen LogP contribution < -0.4 is 15.1 Å². The number of aryl methyl sites for hydroxylation is 1. The molecule has 1 aromatic heterocycles. The van der Waals surface area contributed by atoms with Gasteiger partial charge in [0.25, 0.3) is 25.1 Å². The van der Waals surface area contributed by atoms with Crippen molar-refractivity contribution in [1.82, 2.24) is 9.05 Å². The predicted octanol–water partition coefficient (Wildman–Crippen LogP) is 2.48. The number of nitrogens with one attached hydrogen (secondary N) is 2. The van der Waals surface area contributed by atoms with Crippen LogP contribution in [0.1, 0.15) is 21.6 Å². The van der Waals surface area contributed by atoms with Crippen LogP contribution in [-0.4, -0.2) is 80.3 Å². The summed E-state index contributed by atoms with van der Waals surface area (Å²) < 4.78 is 149. The molecule has 3 heterocycles. The number of urea groups is 1. The van der Waals surface area contributed by atoms with Gasteiger partial charge in [0.15, 0.2) is 15.5 Å². The van der Waals surface area contributed by atoms with E-state index in [1.54, 1.807) is 0 Å². The lowest BCUT2D eigenvalue weighted by molar-refractivity contribution is 0.0710. The Bertz CT molecular complexity index is 2700. The second-order valence-corrected chi connectivity index (χ2v) is 17.4. The summed E-state index contributed by atoms with van der Waals surface area (Å²) in [7, 11) is -21.8. The summed E-state index contributed by atoms with van der Waals surface area (Å²) >= 11 is 0. The molecule has 2 aliphatic heterocycles. The minimum absolute atomic E-state index is 0.0129. The molecule has 0 radical (unpaired) electrons. The summed E-state index contributed by atoms with van der Waals surface area (Å²) in [6.45, 7) is 0. The molecule has 50 heavy (non-hydrogen) atoms. The molecule has 22 heteroatoms. The van der Waals surface area contributed by atoms with Gasteiger partial charge in [0, 0.05) is 30.0 Å². The Morgan fingerprint density at radius 3 is 2.00 bits per heavy atom. The van der Waals surface area contributed by atoms with Crippen LogP contribution in [0.3, 0.4) is 0 Å². The molecule has 6 N–H and O–H groups in total. The zero-order chi connectivity index (χ0) is 37.0. The fraction of sp³-hybridized carbons (Fsp3) is 0.143. The van der Waals surface area contributed by atoms with E-state index < -0.39 is 105 Å². The number of carbonyl (C=O) groups is 2. The topological polar surface area (TPSA) is 281 Å². The molecule has 0 fully saturated rings.